The van der Waals surface area contributed by atoms with Gasteiger partial charge in [-0.05, 0) is 37.9 Å². The zero-order chi connectivity index (χ0) is 13.4. The minimum Gasteiger partial charge on any atom is -0.357 e. The van der Waals surface area contributed by atoms with E-state index in [9.17, 15) is 0 Å². The third-order valence-electron chi connectivity index (χ3n) is 3.28. The number of guanidine groups is 1. The number of nitrogens with zero attached hydrogens (tertiary/aromatic N) is 2. The van der Waals surface area contributed by atoms with Crippen LogP contribution in [0.15, 0.2) is 4.99 Å². The number of thioether (sulfide) groups is 1. The molecule has 1 aliphatic heterocycles. The molecule has 1 aliphatic rings. The Balaban J connectivity index is 0.00000324. The fraction of sp³-hybridized carbons (Fsp3) is 0.929. The van der Waals surface area contributed by atoms with Crippen LogP contribution in [0.3, 0.4) is 0 Å². The SMILES string of the molecule is CCNC(=NCCSC)N1CCC(CC(C)C)C1.I. The van der Waals surface area contributed by atoms with E-state index in [4.69, 9.17) is 4.99 Å². The highest BCUT2D eigenvalue weighted by Crippen LogP contribution is 2.23. The zero-order valence-electron chi connectivity index (χ0n) is 12.8. The molecule has 1 rings (SSSR count). The highest BCUT2D eigenvalue weighted by molar-refractivity contribution is 14.0. The molecule has 0 saturated carbocycles. The molecule has 1 unspecified atom stereocenters. The maximum Gasteiger partial charge on any atom is 0.193 e. The van der Waals surface area contributed by atoms with Crippen LogP contribution in [0.4, 0.5) is 0 Å². The van der Waals surface area contributed by atoms with Crippen molar-refractivity contribution in [3.63, 3.8) is 0 Å². The predicted octanol–water partition coefficient (Wildman–Crippen LogP) is 3.30. The molecule has 0 aromatic rings. The van der Waals surface area contributed by atoms with Gasteiger partial charge in [0, 0.05) is 25.4 Å². The van der Waals surface area contributed by atoms with Gasteiger partial charge in [0.05, 0.1) is 6.54 Å². The van der Waals surface area contributed by atoms with E-state index in [0.29, 0.717) is 0 Å². The van der Waals surface area contributed by atoms with Crippen molar-refractivity contribution in [2.75, 3.05) is 38.2 Å². The summed E-state index contributed by atoms with van der Waals surface area (Å²) in [6.45, 7) is 11.0. The molecular formula is C14H30IN3S. The fourth-order valence-electron chi connectivity index (χ4n) is 2.55. The summed E-state index contributed by atoms with van der Waals surface area (Å²) in [7, 11) is 0. The topological polar surface area (TPSA) is 27.6 Å². The largest absolute Gasteiger partial charge is 0.357 e. The second kappa shape index (κ2) is 11.1. The Kier molecular flexibility index (Phi) is 11.3. The Morgan fingerprint density at radius 1 is 1.47 bits per heavy atom. The Morgan fingerprint density at radius 2 is 2.21 bits per heavy atom. The predicted molar refractivity (Wildman–Crippen MR) is 98.9 cm³/mol. The quantitative estimate of drug-likeness (QED) is 0.322. The van der Waals surface area contributed by atoms with Crippen molar-refractivity contribution < 1.29 is 0 Å². The first-order chi connectivity index (χ1) is 8.67. The standard InChI is InChI=1S/C14H29N3S.HI/c1-5-15-14(16-7-9-18-4)17-8-6-13(11-17)10-12(2)3;/h12-13H,5-11H2,1-4H3,(H,15,16);1H. The van der Waals surface area contributed by atoms with Crippen LogP contribution in [0.5, 0.6) is 0 Å². The molecule has 3 nitrogen and oxygen atoms in total. The van der Waals surface area contributed by atoms with E-state index < -0.39 is 0 Å². The Hall–Kier alpha value is 0.350. The third-order valence-corrected chi connectivity index (χ3v) is 3.87. The summed E-state index contributed by atoms with van der Waals surface area (Å²) in [6, 6.07) is 0. The van der Waals surface area contributed by atoms with Crippen LogP contribution >= 0.6 is 35.7 Å². The molecule has 0 aromatic heterocycles. The smallest absolute Gasteiger partial charge is 0.193 e. The van der Waals surface area contributed by atoms with Crippen molar-refractivity contribution in [1.29, 1.82) is 0 Å². The number of aliphatic imine (C=N–C) groups is 1. The summed E-state index contributed by atoms with van der Waals surface area (Å²) in [6.07, 6.45) is 4.81. The fourth-order valence-corrected chi connectivity index (χ4v) is 2.83. The number of halogens is 1. The maximum atomic E-state index is 4.71. The van der Waals surface area contributed by atoms with Gasteiger partial charge in [0.25, 0.3) is 0 Å². The Bertz CT molecular complexity index is 259. The molecule has 1 heterocycles. The molecule has 0 spiro atoms. The van der Waals surface area contributed by atoms with E-state index in [0.717, 1.165) is 36.6 Å². The Labute approximate surface area is 140 Å². The van der Waals surface area contributed by atoms with Crippen LogP contribution in [0, 0.1) is 11.8 Å². The Morgan fingerprint density at radius 3 is 2.79 bits per heavy atom. The summed E-state index contributed by atoms with van der Waals surface area (Å²) in [5.74, 6) is 3.90. The summed E-state index contributed by atoms with van der Waals surface area (Å²) in [4.78, 5) is 7.15. The first kappa shape index (κ1) is 19.4. The average Bonchev–Trinajstić information content (AvgIpc) is 2.75. The van der Waals surface area contributed by atoms with Gasteiger partial charge < -0.3 is 10.2 Å². The minimum absolute atomic E-state index is 0. The highest BCUT2D eigenvalue weighted by atomic mass is 127. The summed E-state index contributed by atoms with van der Waals surface area (Å²) in [5, 5.41) is 3.42. The van der Waals surface area contributed by atoms with E-state index in [1.807, 2.05) is 11.8 Å². The van der Waals surface area contributed by atoms with Gasteiger partial charge in [0.2, 0.25) is 0 Å². The van der Waals surface area contributed by atoms with Crippen molar-refractivity contribution in [3.8, 4) is 0 Å². The molecule has 114 valence electrons. The summed E-state index contributed by atoms with van der Waals surface area (Å²) in [5.41, 5.74) is 0. The first-order valence-electron chi connectivity index (χ1n) is 7.19. The molecule has 0 aliphatic carbocycles. The van der Waals surface area contributed by atoms with Gasteiger partial charge in [-0.15, -0.1) is 24.0 Å². The zero-order valence-corrected chi connectivity index (χ0v) is 16.0. The number of likely N-dealkylation sites (tertiary alicyclic amines) is 1. The van der Waals surface area contributed by atoms with E-state index >= 15 is 0 Å². The van der Waals surface area contributed by atoms with Crippen LogP contribution in [-0.2, 0) is 0 Å². The molecule has 0 radical (unpaired) electrons. The lowest BCUT2D eigenvalue weighted by atomic mass is 9.97. The highest BCUT2D eigenvalue weighted by Gasteiger charge is 2.25. The van der Waals surface area contributed by atoms with Gasteiger partial charge in [0.15, 0.2) is 5.96 Å². The van der Waals surface area contributed by atoms with Crippen LogP contribution < -0.4 is 5.32 Å². The molecule has 19 heavy (non-hydrogen) atoms. The van der Waals surface area contributed by atoms with Gasteiger partial charge in [-0.3, -0.25) is 4.99 Å². The molecule has 1 fully saturated rings. The van der Waals surface area contributed by atoms with Crippen molar-refractivity contribution >= 4 is 41.7 Å². The van der Waals surface area contributed by atoms with Crippen LogP contribution in [0.25, 0.3) is 0 Å². The summed E-state index contributed by atoms with van der Waals surface area (Å²) >= 11 is 1.86. The molecule has 1 saturated heterocycles. The molecule has 0 aromatic carbocycles. The molecule has 5 heteroatoms. The van der Waals surface area contributed by atoms with Crippen molar-refractivity contribution in [1.82, 2.24) is 10.2 Å². The number of hydrogen-bond acceptors (Lipinski definition) is 2. The lowest BCUT2D eigenvalue weighted by Crippen LogP contribution is -2.40. The van der Waals surface area contributed by atoms with Crippen molar-refractivity contribution in [2.24, 2.45) is 16.8 Å². The van der Waals surface area contributed by atoms with Gasteiger partial charge in [-0.2, -0.15) is 11.8 Å². The average molecular weight is 399 g/mol. The van der Waals surface area contributed by atoms with E-state index in [1.54, 1.807) is 0 Å². The number of rotatable bonds is 6. The molecule has 1 atom stereocenters. The monoisotopic (exact) mass is 399 g/mol. The first-order valence-corrected chi connectivity index (χ1v) is 8.59. The third kappa shape index (κ3) is 7.63. The number of nitrogens with one attached hydrogen (secondary N) is 1. The lowest BCUT2D eigenvalue weighted by molar-refractivity contribution is 0.404. The minimum atomic E-state index is 0. The van der Waals surface area contributed by atoms with E-state index in [1.165, 1.54) is 25.9 Å². The second-order valence-electron chi connectivity index (χ2n) is 5.46. The number of hydrogen-bond donors (Lipinski definition) is 1. The van der Waals surface area contributed by atoms with Gasteiger partial charge in [-0.25, -0.2) is 0 Å². The van der Waals surface area contributed by atoms with E-state index in [-0.39, 0.29) is 24.0 Å². The van der Waals surface area contributed by atoms with Gasteiger partial charge >= 0.3 is 0 Å². The van der Waals surface area contributed by atoms with Crippen molar-refractivity contribution in [2.45, 2.75) is 33.6 Å². The molecule has 1 N–H and O–H groups in total. The van der Waals surface area contributed by atoms with E-state index in [2.05, 4.69) is 37.2 Å². The van der Waals surface area contributed by atoms with Gasteiger partial charge in [0.1, 0.15) is 0 Å². The summed E-state index contributed by atoms with van der Waals surface area (Å²) < 4.78 is 0. The van der Waals surface area contributed by atoms with Crippen LogP contribution in [0.1, 0.15) is 33.6 Å². The van der Waals surface area contributed by atoms with Crippen LogP contribution in [-0.4, -0.2) is 49.0 Å². The normalized spacial score (nSPS) is 19.7. The maximum absolute atomic E-state index is 4.71. The van der Waals surface area contributed by atoms with Gasteiger partial charge in [-0.1, -0.05) is 13.8 Å². The second-order valence-corrected chi connectivity index (χ2v) is 6.44. The van der Waals surface area contributed by atoms with Crippen molar-refractivity contribution in [3.05, 3.63) is 0 Å². The van der Waals surface area contributed by atoms with Crippen LogP contribution in [0.2, 0.25) is 0 Å². The lowest BCUT2D eigenvalue weighted by Gasteiger charge is -2.22. The molecule has 0 amide bonds. The molecular weight excluding hydrogens is 369 g/mol. The molecule has 0 bridgehead atoms.